The molecule has 0 amide bonds. The van der Waals surface area contributed by atoms with E-state index < -0.39 is 7.82 Å². The van der Waals surface area contributed by atoms with E-state index in [9.17, 15) is 4.57 Å². The molecule has 0 aliphatic heterocycles. The highest BCUT2D eigenvalue weighted by atomic mass is 31.2. The maximum absolute atomic E-state index is 11.6. The fourth-order valence-corrected chi connectivity index (χ4v) is 1.69. The van der Waals surface area contributed by atoms with E-state index in [4.69, 9.17) is 13.6 Å². The van der Waals surface area contributed by atoms with Crippen molar-refractivity contribution in [3.63, 3.8) is 0 Å². The van der Waals surface area contributed by atoms with Crippen molar-refractivity contribution in [3.8, 4) is 11.8 Å². The first kappa shape index (κ1) is 12.7. The zero-order chi connectivity index (χ0) is 10.2. The van der Waals surface area contributed by atoms with E-state index in [1.54, 1.807) is 20.8 Å². The SMILES string of the molecule is CC#CCOP(=O)(OCC)OCC. The second-order valence-corrected chi connectivity index (χ2v) is 3.65. The van der Waals surface area contributed by atoms with E-state index in [1.807, 2.05) is 0 Å². The van der Waals surface area contributed by atoms with Crippen molar-refractivity contribution in [2.45, 2.75) is 20.8 Å². The van der Waals surface area contributed by atoms with Crippen LogP contribution in [0.25, 0.3) is 0 Å². The second kappa shape index (κ2) is 7.11. The van der Waals surface area contributed by atoms with Crippen LogP contribution in [0.4, 0.5) is 0 Å². The summed E-state index contributed by atoms with van der Waals surface area (Å²) in [6.45, 7) is 5.76. The van der Waals surface area contributed by atoms with Gasteiger partial charge in [-0.1, -0.05) is 5.92 Å². The fraction of sp³-hybridized carbons (Fsp3) is 0.750. The van der Waals surface area contributed by atoms with Crippen molar-refractivity contribution in [1.82, 2.24) is 0 Å². The highest BCUT2D eigenvalue weighted by Crippen LogP contribution is 2.48. The van der Waals surface area contributed by atoms with Crippen LogP contribution in [0, 0.1) is 11.8 Å². The highest BCUT2D eigenvalue weighted by Gasteiger charge is 2.24. The van der Waals surface area contributed by atoms with Crippen LogP contribution in [0.1, 0.15) is 20.8 Å². The van der Waals surface area contributed by atoms with Crippen molar-refractivity contribution in [3.05, 3.63) is 0 Å². The molecule has 0 atom stereocenters. The van der Waals surface area contributed by atoms with Gasteiger partial charge >= 0.3 is 7.82 Å². The van der Waals surface area contributed by atoms with E-state index in [2.05, 4.69) is 11.8 Å². The standard InChI is InChI=1S/C8H15O4P/c1-4-7-8-12-13(9,10-5-2)11-6-3/h5-6,8H2,1-3H3. The van der Waals surface area contributed by atoms with Crippen LogP contribution in [0.2, 0.25) is 0 Å². The molecule has 5 heteroatoms. The van der Waals surface area contributed by atoms with Crippen LogP contribution in [0.5, 0.6) is 0 Å². The molecular weight excluding hydrogens is 191 g/mol. The molecule has 76 valence electrons. The fourth-order valence-electron chi connectivity index (χ4n) is 0.612. The molecule has 0 aromatic carbocycles. The molecule has 0 fully saturated rings. The largest absolute Gasteiger partial charge is 0.475 e. The van der Waals surface area contributed by atoms with E-state index in [0.717, 1.165) is 0 Å². The molecule has 0 N–H and O–H groups in total. The van der Waals surface area contributed by atoms with Gasteiger partial charge in [0.25, 0.3) is 0 Å². The predicted octanol–water partition coefficient (Wildman–Crippen LogP) is 2.21. The summed E-state index contributed by atoms with van der Waals surface area (Å²) < 4.78 is 26.2. The first-order valence-electron chi connectivity index (χ1n) is 4.11. The molecule has 0 unspecified atom stereocenters. The lowest BCUT2D eigenvalue weighted by Crippen LogP contribution is -2.00. The first-order valence-corrected chi connectivity index (χ1v) is 5.57. The third-order valence-corrected chi connectivity index (χ3v) is 2.64. The zero-order valence-corrected chi connectivity index (χ0v) is 9.10. The third kappa shape index (κ3) is 5.84. The number of phosphoric ester groups is 1. The van der Waals surface area contributed by atoms with Crippen LogP contribution >= 0.6 is 7.82 Å². The van der Waals surface area contributed by atoms with Crippen molar-refractivity contribution in [2.75, 3.05) is 19.8 Å². The number of hydrogen-bond acceptors (Lipinski definition) is 4. The molecule has 0 aliphatic rings. The average Bonchev–Trinajstić information content (AvgIpc) is 2.05. The topological polar surface area (TPSA) is 44.8 Å². The van der Waals surface area contributed by atoms with Crippen molar-refractivity contribution in [2.24, 2.45) is 0 Å². The van der Waals surface area contributed by atoms with Gasteiger partial charge in [0.05, 0.1) is 13.2 Å². The summed E-state index contributed by atoms with van der Waals surface area (Å²) in [5.41, 5.74) is 0. The van der Waals surface area contributed by atoms with Gasteiger partial charge in [0.1, 0.15) is 6.61 Å². The summed E-state index contributed by atoms with van der Waals surface area (Å²) in [6, 6.07) is 0. The maximum atomic E-state index is 11.6. The summed E-state index contributed by atoms with van der Waals surface area (Å²) >= 11 is 0. The minimum atomic E-state index is -3.35. The molecule has 0 rings (SSSR count). The maximum Gasteiger partial charge on any atom is 0.475 e. The Hall–Kier alpha value is -0.330. The first-order chi connectivity index (χ1) is 6.18. The van der Waals surface area contributed by atoms with Gasteiger partial charge in [-0.25, -0.2) is 4.57 Å². The van der Waals surface area contributed by atoms with Crippen LogP contribution in [-0.2, 0) is 18.1 Å². The molecule has 0 saturated heterocycles. The smallest absolute Gasteiger partial charge is 0.287 e. The minimum absolute atomic E-state index is 0.0633. The lowest BCUT2D eigenvalue weighted by molar-refractivity contribution is 0.132. The Morgan fingerprint density at radius 2 is 1.69 bits per heavy atom. The molecular formula is C8H15O4P. The molecule has 4 nitrogen and oxygen atoms in total. The highest BCUT2D eigenvalue weighted by molar-refractivity contribution is 7.48. The van der Waals surface area contributed by atoms with Gasteiger partial charge in [-0.3, -0.25) is 13.6 Å². The molecule has 0 aliphatic carbocycles. The number of rotatable bonds is 6. The normalized spacial score (nSPS) is 10.7. The predicted molar refractivity (Wildman–Crippen MR) is 50.3 cm³/mol. The van der Waals surface area contributed by atoms with Crippen LogP contribution in [0.15, 0.2) is 0 Å². The summed E-state index contributed by atoms with van der Waals surface area (Å²) in [7, 11) is -3.35. The zero-order valence-electron chi connectivity index (χ0n) is 8.20. The molecule has 0 radical (unpaired) electrons. The Morgan fingerprint density at radius 1 is 1.15 bits per heavy atom. The van der Waals surface area contributed by atoms with Crippen LogP contribution in [-0.4, -0.2) is 19.8 Å². The lowest BCUT2D eigenvalue weighted by atomic mass is 10.6. The Bertz CT molecular complexity index is 218. The lowest BCUT2D eigenvalue weighted by Gasteiger charge is -2.14. The molecule has 13 heavy (non-hydrogen) atoms. The minimum Gasteiger partial charge on any atom is -0.287 e. The van der Waals surface area contributed by atoms with E-state index in [0.29, 0.717) is 0 Å². The number of hydrogen-bond donors (Lipinski definition) is 0. The summed E-state index contributed by atoms with van der Waals surface area (Å²) in [4.78, 5) is 0. The van der Waals surface area contributed by atoms with Crippen molar-refractivity contribution >= 4 is 7.82 Å². The molecule has 0 spiro atoms. The molecule has 0 bridgehead atoms. The van der Waals surface area contributed by atoms with Gasteiger partial charge in [0, 0.05) is 0 Å². The second-order valence-electron chi connectivity index (χ2n) is 1.98. The van der Waals surface area contributed by atoms with Gasteiger partial charge < -0.3 is 0 Å². The van der Waals surface area contributed by atoms with Crippen LogP contribution in [0.3, 0.4) is 0 Å². The molecule has 0 heterocycles. The van der Waals surface area contributed by atoms with Gasteiger partial charge in [-0.2, -0.15) is 0 Å². The van der Waals surface area contributed by atoms with Gasteiger partial charge in [-0.05, 0) is 20.8 Å². The quantitative estimate of drug-likeness (QED) is 0.493. The average molecular weight is 206 g/mol. The van der Waals surface area contributed by atoms with Gasteiger partial charge in [0.15, 0.2) is 0 Å². The van der Waals surface area contributed by atoms with E-state index in [-0.39, 0.29) is 19.8 Å². The monoisotopic (exact) mass is 206 g/mol. The Kier molecular flexibility index (Phi) is 6.93. The van der Waals surface area contributed by atoms with Gasteiger partial charge in [0.2, 0.25) is 0 Å². The molecule has 0 aromatic rings. The van der Waals surface area contributed by atoms with Gasteiger partial charge in [-0.15, -0.1) is 5.92 Å². The van der Waals surface area contributed by atoms with E-state index >= 15 is 0 Å². The number of phosphoric acid groups is 1. The summed E-state index contributed by atoms with van der Waals surface area (Å²) in [5.74, 6) is 5.23. The Balaban J connectivity index is 4.04. The van der Waals surface area contributed by atoms with E-state index in [1.165, 1.54) is 0 Å². The summed E-state index contributed by atoms with van der Waals surface area (Å²) in [6.07, 6.45) is 0. The third-order valence-electron chi connectivity index (χ3n) is 1.05. The van der Waals surface area contributed by atoms with Crippen molar-refractivity contribution in [1.29, 1.82) is 0 Å². The van der Waals surface area contributed by atoms with Crippen LogP contribution < -0.4 is 0 Å². The molecule has 0 saturated carbocycles. The Morgan fingerprint density at radius 3 is 2.08 bits per heavy atom. The van der Waals surface area contributed by atoms with Crippen molar-refractivity contribution < 1.29 is 18.1 Å². The Labute approximate surface area is 79.2 Å². The summed E-state index contributed by atoms with van der Waals surface area (Å²) in [5, 5.41) is 0. The molecule has 0 aromatic heterocycles.